The highest BCUT2D eigenvalue weighted by molar-refractivity contribution is 5.39. The van der Waals surface area contributed by atoms with Crippen molar-refractivity contribution < 1.29 is 4.74 Å². The first-order valence-corrected chi connectivity index (χ1v) is 7.78. The van der Waals surface area contributed by atoms with Crippen molar-refractivity contribution in [2.24, 2.45) is 5.92 Å². The summed E-state index contributed by atoms with van der Waals surface area (Å²) in [5.74, 6) is 1.81. The van der Waals surface area contributed by atoms with E-state index in [2.05, 4.69) is 23.5 Å². The predicted octanol–water partition coefficient (Wildman–Crippen LogP) is 3.85. The highest BCUT2D eigenvalue weighted by Crippen LogP contribution is 2.37. The van der Waals surface area contributed by atoms with Crippen LogP contribution >= 0.6 is 0 Å². The number of nitrogens with one attached hydrogen (secondary N) is 1. The zero-order valence-electron chi connectivity index (χ0n) is 12.0. The average Bonchev–Trinajstić information content (AvgIpc) is 2.75. The Morgan fingerprint density at radius 1 is 1.11 bits per heavy atom. The first-order valence-electron chi connectivity index (χ1n) is 7.78. The van der Waals surface area contributed by atoms with Crippen LogP contribution in [0.15, 0.2) is 18.2 Å². The Morgan fingerprint density at radius 2 is 1.89 bits per heavy atom. The molecule has 1 atom stereocenters. The molecule has 1 unspecified atom stereocenters. The Morgan fingerprint density at radius 3 is 2.63 bits per heavy atom. The molecule has 104 valence electrons. The van der Waals surface area contributed by atoms with Gasteiger partial charge in [-0.05, 0) is 55.0 Å². The van der Waals surface area contributed by atoms with E-state index in [1.165, 1.54) is 49.7 Å². The summed E-state index contributed by atoms with van der Waals surface area (Å²) in [7, 11) is 1.76. The van der Waals surface area contributed by atoms with Crippen molar-refractivity contribution in [3.8, 4) is 5.75 Å². The molecular formula is C17H25NO. The van der Waals surface area contributed by atoms with Crippen molar-refractivity contribution in [2.75, 3.05) is 13.7 Å². The molecule has 1 saturated carbocycles. The molecule has 0 aromatic heterocycles. The van der Waals surface area contributed by atoms with Crippen LogP contribution in [0.25, 0.3) is 0 Å². The van der Waals surface area contributed by atoms with Crippen LogP contribution in [0, 0.1) is 5.92 Å². The molecule has 0 radical (unpaired) electrons. The van der Waals surface area contributed by atoms with Crippen LogP contribution < -0.4 is 10.1 Å². The molecular weight excluding hydrogens is 234 g/mol. The maximum absolute atomic E-state index is 5.41. The monoisotopic (exact) mass is 259 g/mol. The van der Waals surface area contributed by atoms with Gasteiger partial charge in [0.05, 0.1) is 7.11 Å². The third-order valence-electron chi connectivity index (χ3n) is 4.82. The Bertz CT molecular complexity index is 421. The molecule has 0 spiro atoms. The average molecular weight is 259 g/mol. The van der Waals surface area contributed by atoms with Gasteiger partial charge in [-0.25, -0.2) is 0 Å². The van der Waals surface area contributed by atoms with Gasteiger partial charge in [-0.1, -0.05) is 31.7 Å². The summed E-state index contributed by atoms with van der Waals surface area (Å²) in [6.45, 7) is 1.13. The second kappa shape index (κ2) is 5.96. The quantitative estimate of drug-likeness (QED) is 0.814. The zero-order chi connectivity index (χ0) is 13.1. The van der Waals surface area contributed by atoms with Gasteiger partial charge in [-0.15, -0.1) is 0 Å². The lowest BCUT2D eigenvalue weighted by Gasteiger charge is -2.33. The number of hydrogen-bond acceptors (Lipinski definition) is 2. The standard InChI is InChI=1S/C17H25NO/c1-19-15-9-8-13-10-11-18-17(16(13)12-15)14-6-4-2-3-5-7-14/h8-9,12,14,17-18H,2-7,10-11H2,1H3. The van der Waals surface area contributed by atoms with Crippen LogP contribution in [-0.4, -0.2) is 13.7 Å². The van der Waals surface area contributed by atoms with Crippen molar-refractivity contribution in [2.45, 2.75) is 51.0 Å². The third-order valence-corrected chi connectivity index (χ3v) is 4.82. The van der Waals surface area contributed by atoms with E-state index in [9.17, 15) is 0 Å². The van der Waals surface area contributed by atoms with Crippen LogP contribution in [0.3, 0.4) is 0 Å². The molecule has 1 aliphatic carbocycles. The van der Waals surface area contributed by atoms with Gasteiger partial charge in [0.2, 0.25) is 0 Å². The Labute approximate surface area is 116 Å². The van der Waals surface area contributed by atoms with Gasteiger partial charge in [-0.2, -0.15) is 0 Å². The molecule has 0 bridgehead atoms. The molecule has 0 saturated heterocycles. The summed E-state index contributed by atoms with van der Waals surface area (Å²) < 4.78 is 5.41. The van der Waals surface area contributed by atoms with E-state index >= 15 is 0 Å². The number of hydrogen-bond donors (Lipinski definition) is 1. The topological polar surface area (TPSA) is 21.3 Å². The highest BCUT2D eigenvalue weighted by Gasteiger charge is 2.28. The van der Waals surface area contributed by atoms with Crippen molar-refractivity contribution >= 4 is 0 Å². The maximum atomic E-state index is 5.41. The van der Waals surface area contributed by atoms with E-state index < -0.39 is 0 Å². The summed E-state index contributed by atoms with van der Waals surface area (Å²) in [6, 6.07) is 7.18. The molecule has 1 heterocycles. The molecule has 19 heavy (non-hydrogen) atoms. The molecule has 0 amide bonds. The molecule has 2 nitrogen and oxygen atoms in total. The molecule has 3 rings (SSSR count). The van der Waals surface area contributed by atoms with Gasteiger partial charge < -0.3 is 10.1 Å². The molecule has 2 heteroatoms. The second-order valence-electron chi connectivity index (χ2n) is 6.00. The lowest BCUT2D eigenvalue weighted by Crippen LogP contribution is -2.34. The fourth-order valence-corrected chi connectivity index (χ4v) is 3.75. The van der Waals surface area contributed by atoms with Crippen LogP contribution in [0.5, 0.6) is 5.75 Å². The number of fused-ring (bicyclic) bond motifs is 1. The Balaban J connectivity index is 1.87. The molecule has 1 fully saturated rings. The van der Waals surface area contributed by atoms with Gasteiger partial charge in [0.15, 0.2) is 0 Å². The Hall–Kier alpha value is -1.02. The molecule has 2 aliphatic rings. The van der Waals surface area contributed by atoms with E-state index in [0.717, 1.165) is 24.6 Å². The van der Waals surface area contributed by atoms with E-state index in [4.69, 9.17) is 4.74 Å². The largest absolute Gasteiger partial charge is 0.497 e. The fourth-order valence-electron chi connectivity index (χ4n) is 3.75. The van der Waals surface area contributed by atoms with Crippen LogP contribution in [-0.2, 0) is 6.42 Å². The molecule has 1 N–H and O–H groups in total. The number of ether oxygens (including phenoxy) is 1. The van der Waals surface area contributed by atoms with Crippen LogP contribution in [0.4, 0.5) is 0 Å². The van der Waals surface area contributed by atoms with Crippen LogP contribution in [0.1, 0.15) is 55.7 Å². The van der Waals surface area contributed by atoms with Crippen molar-refractivity contribution in [3.63, 3.8) is 0 Å². The minimum atomic E-state index is 0.553. The fraction of sp³-hybridized carbons (Fsp3) is 0.647. The van der Waals surface area contributed by atoms with Crippen molar-refractivity contribution in [3.05, 3.63) is 29.3 Å². The zero-order valence-corrected chi connectivity index (χ0v) is 12.0. The predicted molar refractivity (Wildman–Crippen MR) is 78.6 cm³/mol. The van der Waals surface area contributed by atoms with Crippen LogP contribution in [0.2, 0.25) is 0 Å². The minimum absolute atomic E-state index is 0.553. The molecule has 1 aromatic rings. The lowest BCUT2D eigenvalue weighted by molar-refractivity contribution is 0.313. The summed E-state index contributed by atoms with van der Waals surface area (Å²) in [5, 5.41) is 3.77. The summed E-state index contributed by atoms with van der Waals surface area (Å²) in [4.78, 5) is 0. The highest BCUT2D eigenvalue weighted by atomic mass is 16.5. The normalized spacial score (nSPS) is 24.6. The van der Waals surface area contributed by atoms with E-state index in [1.54, 1.807) is 7.11 Å². The van der Waals surface area contributed by atoms with Gasteiger partial charge >= 0.3 is 0 Å². The van der Waals surface area contributed by atoms with Gasteiger partial charge in [-0.3, -0.25) is 0 Å². The first kappa shape index (κ1) is 13.0. The van der Waals surface area contributed by atoms with E-state index in [0.29, 0.717) is 6.04 Å². The van der Waals surface area contributed by atoms with Crippen molar-refractivity contribution in [1.29, 1.82) is 0 Å². The van der Waals surface area contributed by atoms with Gasteiger partial charge in [0.1, 0.15) is 5.75 Å². The third kappa shape index (κ3) is 2.79. The van der Waals surface area contributed by atoms with E-state index in [1.807, 2.05) is 0 Å². The smallest absolute Gasteiger partial charge is 0.119 e. The molecule has 1 aliphatic heterocycles. The SMILES string of the molecule is COc1ccc2c(c1)C(C1CCCCCC1)NCC2. The number of benzene rings is 1. The second-order valence-corrected chi connectivity index (χ2v) is 6.00. The van der Waals surface area contributed by atoms with Gasteiger partial charge in [0, 0.05) is 6.04 Å². The number of rotatable bonds is 2. The Kier molecular flexibility index (Phi) is 4.07. The number of methoxy groups -OCH3 is 1. The minimum Gasteiger partial charge on any atom is -0.497 e. The summed E-state index contributed by atoms with van der Waals surface area (Å²) in [5.41, 5.74) is 3.02. The maximum Gasteiger partial charge on any atom is 0.119 e. The van der Waals surface area contributed by atoms with Gasteiger partial charge in [0.25, 0.3) is 0 Å². The summed E-state index contributed by atoms with van der Waals surface area (Å²) >= 11 is 0. The molecule has 1 aromatic carbocycles. The lowest BCUT2D eigenvalue weighted by atomic mass is 9.82. The first-order chi connectivity index (χ1) is 9.38. The summed E-state index contributed by atoms with van der Waals surface area (Å²) in [6.07, 6.45) is 9.58. The van der Waals surface area contributed by atoms with E-state index in [-0.39, 0.29) is 0 Å². The van der Waals surface area contributed by atoms with Crippen molar-refractivity contribution in [1.82, 2.24) is 5.32 Å².